The topological polar surface area (TPSA) is 59.1 Å². The van der Waals surface area contributed by atoms with Crippen molar-refractivity contribution < 1.29 is 36.8 Å². The summed E-state index contributed by atoms with van der Waals surface area (Å²) in [6.45, 7) is 0.546. The molecule has 4 fully saturated rings. The van der Waals surface area contributed by atoms with Crippen LogP contribution in [-0.2, 0) is 19.3 Å². The van der Waals surface area contributed by atoms with E-state index >= 15 is 0 Å². The zero-order valence-corrected chi connectivity index (χ0v) is 12.7. The molecule has 2 heterocycles. The highest BCUT2D eigenvalue weighted by atomic mass is 19.3. The Morgan fingerprint density at radius 3 is 1.25 bits per heavy atom. The van der Waals surface area contributed by atoms with Crippen molar-refractivity contribution in [3.05, 3.63) is 0 Å². The molecular weight excluding hydrogens is 336 g/mol. The normalized spacial score (nSPS) is 31.3. The second-order valence-electron chi connectivity index (χ2n) is 7.33. The Bertz CT molecular complexity index is 544. The standard InChI is InChI=1S/C14H16F4N2O4/c15-13(16)5-11(6-13)1-3-19(11)23-9(21)10(22)24-20-4-2-12(20)7-14(17,18)8-12/h1-8H2. The fourth-order valence-corrected chi connectivity index (χ4v) is 4.13. The second-order valence-corrected chi connectivity index (χ2v) is 7.33. The molecule has 4 rings (SSSR count). The summed E-state index contributed by atoms with van der Waals surface area (Å²) < 4.78 is 52.1. The maximum Gasteiger partial charge on any atom is 0.438 e. The molecule has 4 aliphatic rings. The molecule has 0 aromatic rings. The Balaban J connectivity index is 1.28. The van der Waals surface area contributed by atoms with Gasteiger partial charge in [-0.2, -0.15) is 0 Å². The Morgan fingerprint density at radius 2 is 1.04 bits per heavy atom. The third-order valence-electron chi connectivity index (χ3n) is 5.52. The molecule has 2 saturated heterocycles. The minimum Gasteiger partial charge on any atom is -0.358 e. The SMILES string of the molecule is O=C(ON1CCC12CC(F)(F)C2)C(=O)ON1CCC12CC(F)(F)C2. The zero-order valence-electron chi connectivity index (χ0n) is 12.7. The molecule has 0 bridgehead atoms. The largest absolute Gasteiger partial charge is 0.438 e. The van der Waals surface area contributed by atoms with Crippen LogP contribution in [-0.4, -0.2) is 58.1 Å². The van der Waals surface area contributed by atoms with Crippen molar-refractivity contribution in [2.24, 2.45) is 0 Å². The minimum absolute atomic E-state index is 0.273. The second kappa shape index (κ2) is 4.60. The van der Waals surface area contributed by atoms with E-state index < -0.39 is 60.5 Å². The molecule has 0 amide bonds. The van der Waals surface area contributed by atoms with Crippen LogP contribution in [0.25, 0.3) is 0 Å². The third kappa shape index (κ3) is 2.30. The summed E-state index contributed by atoms with van der Waals surface area (Å²) in [4.78, 5) is 33.2. The smallest absolute Gasteiger partial charge is 0.358 e. The van der Waals surface area contributed by atoms with E-state index in [0.717, 1.165) is 10.1 Å². The predicted molar refractivity (Wildman–Crippen MR) is 68.7 cm³/mol. The van der Waals surface area contributed by atoms with Crippen LogP contribution in [0.3, 0.4) is 0 Å². The Hall–Kier alpha value is -1.42. The molecule has 0 unspecified atom stereocenters. The molecule has 24 heavy (non-hydrogen) atoms. The van der Waals surface area contributed by atoms with Crippen LogP contribution in [0.1, 0.15) is 38.5 Å². The number of alkyl halides is 4. The molecule has 2 spiro atoms. The number of carbonyl (C=O) groups is 2. The van der Waals surface area contributed by atoms with Crippen LogP contribution in [0, 0.1) is 0 Å². The van der Waals surface area contributed by atoms with Gasteiger partial charge in [0.2, 0.25) is 0 Å². The monoisotopic (exact) mass is 352 g/mol. The zero-order chi connectivity index (χ0) is 17.4. The van der Waals surface area contributed by atoms with E-state index in [2.05, 4.69) is 0 Å². The fraction of sp³-hybridized carbons (Fsp3) is 0.857. The lowest BCUT2D eigenvalue weighted by Crippen LogP contribution is -2.71. The van der Waals surface area contributed by atoms with E-state index in [1.54, 1.807) is 0 Å². The highest BCUT2D eigenvalue weighted by Gasteiger charge is 2.66. The van der Waals surface area contributed by atoms with E-state index in [0.29, 0.717) is 12.8 Å². The molecular formula is C14H16F4N2O4. The van der Waals surface area contributed by atoms with Gasteiger partial charge in [-0.3, -0.25) is 0 Å². The molecule has 0 aromatic heterocycles. The average Bonchev–Trinajstić information content (AvgIpc) is 2.41. The first-order valence-corrected chi connectivity index (χ1v) is 7.80. The Kier molecular flexibility index (Phi) is 3.08. The molecule has 0 atom stereocenters. The molecule has 0 N–H and O–H groups in total. The first-order valence-electron chi connectivity index (χ1n) is 7.80. The van der Waals surface area contributed by atoms with Gasteiger partial charge >= 0.3 is 11.9 Å². The molecule has 134 valence electrons. The Labute approximate surface area is 134 Å². The number of hydrogen-bond acceptors (Lipinski definition) is 6. The van der Waals surface area contributed by atoms with E-state index in [1.165, 1.54) is 0 Å². The van der Waals surface area contributed by atoms with Gasteiger partial charge in [0.05, 0.1) is 11.1 Å². The molecule has 10 heteroatoms. The summed E-state index contributed by atoms with van der Waals surface area (Å²) in [6.07, 6.45) is -0.705. The molecule has 2 saturated carbocycles. The fourth-order valence-electron chi connectivity index (χ4n) is 4.13. The van der Waals surface area contributed by atoms with Crippen molar-refractivity contribution in [1.82, 2.24) is 10.1 Å². The van der Waals surface area contributed by atoms with Gasteiger partial charge in [0.25, 0.3) is 11.8 Å². The number of carbonyl (C=O) groups excluding carboxylic acids is 2. The van der Waals surface area contributed by atoms with Gasteiger partial charge < -0.3 is 9.68 Å². The summed E-state index contributed by atoms with van der Waals surface area (Å²) in [5.74, 6) is -8.19. The van der Waals surface area contributed by atoms with Crippen LogP contribution >= 0.6 is 0 Å². The summed E-state index contributed by atoms with van der Waals surface area (Å²) in [5.41, 5.74) is -1.76. The van der Waals surface area contributed by atoms with Crippen molar-refractivity contribution in [3.8, 4) is 0 Å². The van der Waals surface area contributed by atoms with E-state index in [4.69, 9.17) is 9.68 Å². The highest BCUT2D eigenvalue weighted by molar-refractivity contribution is 6.29. The summed E-state index contributed by atoms with van der Waals surface area (Å²) in [5, 5.41) is 2.19. The van der Waals surface area contributed by atoms with Crippen molar-refractivity contribution in [1.29, 1.82) is 0 Å². The van der Waals surface area contributed by atoms with E-state index in [9.17, 15) is 27.2 Å². The van der Waals surface area contributed by atoms with Crippen molar-refractivity contribution in [2.45, 2.75) is 61.4 Å². The first-order chi connectivity index (χ1) is 11.1. The van der Waals surface area contributed by atoms with Crippen LogP contribution in [0.4, 0.5) is 17.6 Å². The van der Waals surface area contributed by atoms with Crippen LogP contribution in [0.5, 0.6) is 0 Å². The molecule has 2 aliphatic carbocycles. The van der Waals surface area contributed by atoms with Crippen molar-refractivity contribution in [3.63, 3.8) is 0 Å². The van der Waals surface area contributed by atoms with Gasteiger partial charge in [-0.25, -0.2) is 27.2 Å². The van der Waals surface area contributed by atoms with E-state index in [1.807, 2.05) is 0 Å². The van der Waals surface area contributed by atoms with Gasteiger partial charge in [0.15, 0.2) is 0 Å². The van der Waals surface area contributed by atoms with Crippen LogP contribution in [0.2, 0.25) is 0 Å². The molecule has 0 radical (unpaired) electrons. The summed E-state index contributed by atoms with van der Waals surface area (Å²) >= 11 is 0. The number of nitrogens with zero attached hydrogens (tertiary/aromatic N) is 2. The van der Waals surface area contributed by atoms with Crippen molar-refractivity contribution in [2.75, 3.05) is 13.1 Å². The average molecular weight is 352 g/mol. The lowest BCUT2D eigenvalue weighted by Gasteiger charge is -2.59. The number of halogens is 4. The number of hydrogen-bond donors (Lipinski definition) is 0. The maximum atomic E-state index is 13.0. The van der Waals surface area contributed by atoms with Crippen molar-refractivity contribution >= 4 is 11.9 Å². The summed E-state index contributed by atoms with van der Waals surface area (Å²) in [7, 11) is 0. The lowest BCUT2D eigenvalue weighted by molar-refractivity contribution is -0.334. The van der Waals surface area contributed by atoms with Gasteiger partial charge in [-0.1, -0.05) is 0 Å². The third-order valence-corrected chi connectivity index (χ3v) is 5.52. The molecule has 2 aliphatic heterocycles. The maximum absolute atomic E-state index is 13.0. The minimum atomic E-state index is -2.77. The number of rotatable bonds is 2. The van der Waals surface area contributed by atoms with E-state index in [-0.39, 0.29) is 13.1 Å². The van der Waals surface area contributed by atoms with Gasteiger partial charge in [-0.05, 0) is 12.8 Å². The number of hydroxylamine groups is 4. The quantitative estimate of drug-likeness (QED) is 0.556. The Morgan fingerprint density at radius 1 is 0.708 bits per heavy atom. The van der Waals surface area contributed by atoms with Gasteiger partial charge in [-0.15, -0.1) is 10.1 Å². The highest BCUT2D eigenvalue weighted by Crippen LogP contribution is 2.56. The van der Waals surface area contributed by atoms with Crippen LogP contribution in [0.15, 0.2) is 0 Å². The lowest BCUT2D eigenvalue weighted by atomic mass is 9.66. The molecule has 0 aromatic carbocycles. The first kappa shape index (κ1) is 16.1. The van der Waals surface area contributed by atoms with Gasteiger partial charge in [0, 0.05) is 38.8 Å². The molecule has 6 nitrogen and oxygen atoms in total. The van der Waals surface area contributed by atoms with Crippen LogP contribution < -0.4 is 0 Å². The van der Waals surface area contributed by atoms with Gasteiger partial charge in [0.1, 0.15) is 0 Å². The summed E-state index contributed by atoms with van der Waals surface area (Å²) in [6, 6.07) is 0. The predicted octanol–water partition coefficient (Wildman–Crippen LogP) is 1.65.